The van der Waals surface area contributed by atoms with Crippen LogP contribution in [0.1, 0.15) is 40.4 Å². The summed E-state index contributed by atoms with van der Waals surface area (Å²) in [5.74, 6) is 0.0249. The Balaban J connectivity index is 1.86. The molecule has 3 aromatic rings. The Kier molecular flexibility index (Phi) is 6.77. The smallest absolute Gasteiger partial charge is 0.429 e. The van der Waals surface area contributed by atoms with Crippen molar-refractivity contribution in [1.29, 1.82) is 0 Å². The zero-order valence-corrected chi connectivity index (χ0v) is 16.3. The van der Waals surface area contributed by atoms with Gasteiger partial charge in [-0.1, -0.05) is 67.6 Å². The van der Waals surface area contributed by atoms with Crippen molar-refractivity contribution < 1.29 is 27.4 Å². The van der Waals surface area contributed by atoms with Crippen LogP contribution in [0.3, 0.4) is 0 Å². The van der Waals surface area contributed by atoms with Crippen LogP contribution < -0.4 is 9.47 Å². The highest BCUT2D eigenvalue weighted by atomic mass is 19.4. The van der Waals surface area contributed by atoms with Crippen LogP contribution in [0.25, 0.3) is 0 Å². The van der Waals surface area contributed by atoms with Crippen molar-refractivity contribution in [3.8, 4) is 11.5 Å². The van der Waals surface area contributed by atoms with Gasteiger partial charge in [-0.3, -0.25) is 4.79 Å². The molecule has 0 unspecified atom stereocenters. The van der Waals surface area contributed by atoms with Crippen molar-refractivity contribution in [3.63, 3.8) is 0 Å². The summed E-state index contributed by atoms with van der Waals surface area (Å²) in [4.78, 5) is 11.2. The Hall–Kier alpha value is -3.28. The van der Waals surface area contributed by atoms with E-state index in [1.807, 2.05) is 37.3 Å². The quantitative estimate of drug-likeness (QED) is 0.402. The third-order valence-electron chi connectivity index (χ3n) is 4.61. The zero-order valence-electron chi connectivity index (χ0n) is 16.3. The molecule has 0 N–H and O–H groups in total. The van der Waals surface area contributed by atoms with Gasteiger partial charge in [-0.15, -0.1) is 0 Å². The molecule has 0 aliphatic heterocycles. The van der Waals surface area contributed by atoms with Gasteiger partial charge in [-0.05, 0) is 23.8 Å². The fraction of sp³-hybridized carbons (Fsp3) is 0.208. The average molecular weight is 414 g/mol. The van der Waals surface area contributed by atoms with E-state index in [1.165, 1.54) is 42.5 Å². The molecule has 3 rings (SSSR count). The maximum absolute atomic E-state index is 13.7. The van der Waals surface area contributed by atoms with Gasteiger partial charge in [0, 0.05) is 17.0 Å². The second-order valence-corrected chi connectivity index (χ2v) is 6.90. The van der Waals surface area contributed by atoms with Gasteiger partial charge >= 0.3 is 6.18 Å². The minimum Gasteiger partial charge on any atom is -0.489 e. The number of benzene rings is 3. The lowest BCUT2D eigenvalue weighted by Gasteiger charge is -2.24. The third-order valence-corrected chi connectivity index (χ3v) is 4.61. The number of rotatable bonds is 8. The third kappa shape index (κ3) is 5.41. The predicted octanol–water partition coefficient (Wildman–Crippen LogP) is 6.36. The molecule has 0 spiro atoms. The molecule has 0 aliphatic rings. The lowest BCUT2D eigenvalue weighted by Crippen LogP contribution is -2.26. The molecule has 3 aromatic carbocycles. The van der Waals surface area contributed by atoms with E-state index in [-0.39, 0.29) is 35.2 Å². The summed E-state index contributed by atoms with van der Waals surface area (Å²) in [6.45, 7) is 2.20. The molecule has 30 heavy (non-hydrogen) atoms. The number of carbonyl (C=O) groups excluding carboxylic acids is 1. The summed E-state index contributed by atoms with van der Waals surface area (Å²) >= 11 is 0. The van der Waals surface area contributed by atoms with E-state index < -0.39 is 12.3 Å². The van der Waals surface area contributed by atoms with Gasteiger partial charge in [-0.2, -0.15) is 13.2 Å². The van der Waals surface area contributed by atoms with Crippen LogP contribution in [0, 0.1) is 0 Å². The van der Waals surface area contributed by atoms with Gasteiger partial charge in [0.25, 0.3) is 0 Å². The Labute approximate surface area is 173 Å². The second-order valence-electron chi connectivity index (χ2n) is 6.90. The van der Waals surface area contributed by atoms with Crippen LogP contribution >= 0.6 is 0 Å². The van der Waals surface area contributed by atoms with E-state index in [0.29, 0.717) is 6.29 Å². The normalized spacial score (nSPS) is 13.3. The molecule has 0 saturated carbocycles. The first kappa shape index (κ1) is 21.4. The van der Waals surface area contributed by atoms with E-state index >= 15 is 0 Å². The number of hydrogen-bond acceptors (Lipinski definition) is 3. The minimum absolute atomic E-state index is 0.0114. The average Bonchev–Trinajstić information content (AvgIpc) is 2.76. The van der Waals surface area contributed by atoms with Crippen LogP contribution in [0.2, 0.25) is 0 Å². The van der Waals surface area contributed by atoms with Crippen molar-refractivity contribution >= 4 is 6.29 Å². The summed E-state index contributed by atoms with van der Waals surface area (Å²) in [7, 11) is 0. The van der Waals surface area contributed by atoms with E-state index in [4.69, 9.17) is 9.47 Å². The van der Waals surface area contributed by atoms with E-state index in [2.05, 4.69) is 0 Å². The summed E-state index contributed by atoms with van der Waals surface area (Å²) in [5.41, 5.74) is 1.20. The fourth-order valence-corrected chi connectivity index (χ4v) is 2.98. The number of alkyl halides is 3. The standard InChI is InChI=1S/C24H21F3O3/c1-17(19-8-4-2-5-9-19)16-29-21-13-12-18(15-28)14-22(21)30-23(24(25,26)27)20-10-6-3-7-11-20/h2-15,17,23H,16H2,1H3/t17-,23+/m1/s1. The van der Waals surface area contributed by atoms with Crippen LogP contribution in [0.4, 0.5) is 13.2 Å². The van der Waals surface area contributed by atoms with Crippen molar-refractivity contribution in [3.05, 3.63) is 95.6 Å². The van der Waals surface area contributed by atoms with Crippen LogP contribution in [0.5, 0.6) is 11.5 Å². The van der Waals surface area contributed by atoms with E-state index in [9.17, 15) is 18.0 Å². The van der Waals surface area contributed by atoms with Gasteiger partial charge < -0.3 is 9.47 Å². The van der Waals surface area contributed by atoms with Gasteiger partial charge in [0.15, 0.2) is 11.5 Å². The molecule has 156 valence electrons. The molecular weight excluding hydrogens is 393 g/mol. The molecule has 0 heterocycles. The van der Waals surface area contributed by atoms with E-state index in [0.717, 1.165) is 5.56 Å². The molecule has 6 heteroatoms. The number of aldehydes is 1. The first-order valence-corrected chi connectivity index (χ1v) is 9.43. The van der Waals surface area contributed by atoms with Crippen molar-refractivity contribution in [2.45, 2.75) is 25.1 Å². The first-order valence-electron chi connectivity index (χ1n) is 9.43. The van der Waals surface area contributed by atoms with Crippen molar-refractivity contribution in [2.24, 2.45) is 0 Å². The molecule has 0 aromatic heterocycles. The zero-order chi connectivity index (χ0) is 21.6. The Morgan fingerprint density at radius 2 is 1.47 bits per heavy atom. The molecule has 2 atom stereocenters. The maximum atomic E-state index is 13.7. The van der Waals surface area contributed by atoms with Gasteiger partial charge in [0.2, 0.25) is 6.10 Å². The largest absolute Gasteiger partial charge is 0.489 e. The number of halogens is 3. The molecule has 0 fully saturated rings. The molecule has 0 amide bonds. The first-order chi connectivity index (χ1) is 14.4. The van der Waals surface area contributed by atoms with E-state index in [1.54, 1.807) is 6.07 Å². The summed E-state index contributed by atoms with van der Waals surface area (Å²) in [6, 6.07) is 21.2. The number of ether oxygens (including phenoxy) is 2. The monoisotopic (exact) mass is 414 g/mol. The number of hydrogen-bond donors (Lipinski definition) is 0. The highest BCUT2D eigenvalue weighted by molar-refractivity contribution is 5.76. The molecule has 0 aliphatic carbocycles. The minimum atomic E-state index is -4.65. The lowest BCUT2D eigenvalue weighted by atomic mass is 10.0. The Morgan fingerprint density at radius 1 is 0.867 bits per heavy atom. The van der Waals surface area contributed by atoms with Crippen molar-refractivity contribution in [2.75, 3.05) is 6.61 Å². The van der Waals surface area contributed by atoms with Crippen LogP contribution in [-0.2, 0) is 0 Å². The van der Waals surface area contributed by atoms with Gasteiger partial charge in [0.05, 0.1) is 6.61 Å². The molecule has 0 saturated heterocycles. The highest BCUT2D eigenvalue weighted by Crippen LogP contribution is 2.40. The maximum Gasteiger partial charge on any atom is 0.429 e. The second kappa shape index (κ2) is 9.48. The molecule has 3 nitrogen and oxygen atoms in total. The van der Waals surface area contributed by atoms with Gasteiger partial charge in [-0.25, -0.2) is 0 Å². The van der Waals surface area contributed by atoms with Crippen LogP contribution in [0.15, 0.2) is 78.9 Å². The SMILES string of the molecule is C[C@H](COc1ccc(C=O)cc1O[C@@H](c1ccccc1)C(F)(F)F)c1ccccc1. The fourth-order valence-electron chi connectivity index (χ4n) is 2.98. The van der Waals surface area contributed by atoms with Crippen LogP contribution in [-0.4, -0.2) is 19.1 Å². The molecular formula is C24H21F3O3. The summed E-state index contributed by atoms with van der Waals surface area (Å²) in [6.07, 6.45) is -6.28. The lowest BCUT2D eigenvalue weighted by molar-refractivity contribution is -0.198. The number of carbonyl (C=O) groups is 1. The molecule has 0 radical (unpaired) electrons. The predicted molar refractivity (Wildman–Crippen MR) is 108 cm³/mol. The van der Waals surface area contributed by atoms with Crippen molar-refractivity contribution in [1.82, 2.24) is 0 Å². The Bertz CT molecular complexity index is 956. The Morgan fingerprint density at radius 3 is 2.03 bits per heavy atom. The summed E-state index contributed by atoms with van der Waals surface area (Å²) in [5, 5.41) is 0. The summed E-state index contributed by atoms with van der Waals surface area (Å²) < 4.78 is 52.3. The molecule has 0 bridgehead atoms. The highest BCUT2D eigenvalue weighted by Gasteiger charge is 2.43. The van der Waals surface area contributed by atoms with Gasteiger partial charge in [0.1, 0.15) is 6.29 Å². The topological polar surface area (TPSA) is 35.5 Å².